The van der Waals surface area contributed by atoms with Gasteiger partial charge in [0.25, 0.3) is 0 Å². The zero-order chi connectivity index (χ0) is 15.3. The van der Waals surface area contributed by atoms with E-state index < -0.39 is 11.5 Å². The van der Waals surface area contributed by atoms with Crippen molar-refractivity contribution in [1.82, 2.24) is 10.2 Å². The fourth-order valence-electron chi connectivity index (χ4n) is 4.04. The second-order valence-electron chi connectivity index (χ2n) is 7.10. The largest absolute Gasteiger partial charge is 0.480 e. The van der Waals surface area contributed by atoms with Crippen molar-refractivity contribution in [3.63, 3.8) is 0 Å². The summed E-state index contributed by atoms with van der Waals surface area (Å²) in [5.41, 5.74) is -0.779. The van der Waals surface area contributed by atoms with Gasteiger partial charge in [0.1, 0.15) is 5.54 Å². The molecule has 0 aromatic rings. The highest BCUT2D eigenvalue weighted by molar-refractivity contribution is 5.78. The summed E-state index contributed by atoms with van der Waals surface area (Å²) in [6.45, 7) is 6.76. The molecule has 1 aliphatic heterocycles. The molecule has 0 amide bonds. The third kappa shape index (κ3) is 4.19. The van der Waals surface area contributed by atoms with Gasteiger partial charge in [0.2, 0.25) is 0 Å². The lowest BCUT2D eigenvalue weighted by molar-refractivity contribution is -0.144. The molecule has 0 aromatic carbocycles. The molecule has 1 heterocycles. The van der Waals surface area contributed by atoms with Crippen molar-refractivity contribution in [3.05, 3.63) is 0 Å². The van der Waals surface area contributed by atoms with Gasteiger partial charge >= 0.3 is 5.97 Å². The minimum atomic E-state index is -0.779. The Morgan fingerprint density at radius 1 is 1.29 bits per heavy atom. The Balaban J connectivity index is 1.88. The third-order valence-corrected chi connectivity index (χ3v) is 5.49. The van der Waals surface area contributed by atoms with Gasteiger partial charge in [-0.3, -0.25) is 4.79 Å². The highest BCUT2D eigenvalue weighted by Crippen LogP contribution is 2.35. The molecule has 2 atom stereocenters. The molecule has 4 heteroatoms. The predicted molar refractivity (Wildman–Crippen MR) is 85.5 cm³/mol. The Bertz CT molecular complexity index is 342. The number of nitrogens with one attached hydrogen (secondary N) is 1. The maximum Gasteiger partial charge on any atom is 0.323 e. The van der Waals surface area contributed by atoms with Crippen molar-refractivity contribution in [2.24, 2.45) is 5.92 Å². The van der Waals surface area contributed by atoms with Crippen LogP contribution in [0.25, 0.3) is 0 Å². The Kier molecular flexibility index (Phi) is 6.06. The number of rotatable bonds is 8. The molecule has 0 bridgehead atoms. The third-order valence-electron chi connectivity index (χ3n) is 5.49. The van der Waals surface area contributed by atoms with E-state index >= 15 is 0 Å². The number of carbonyl (C=O) groups is 1. The van der Waals surface area contributed by atoms with E-state index in [1.165, 1.54) is 38.5 Å². The van der Waals surface area contributed by atoms with Crippen molar-refractivity contribution >= 4 is 5.97 Å². The van der Waals surface area contributed by atoms with Crippen molar-refractivity contribution in [3.8, 4) is 0 Å². The van der Waals surface area contributed by atoms with Crippen LogP contribution < -0.4 is 5.32 Å². The molecular formula is C17H32N2O2. The van der Waals surface area contributed by atoms with Gasteiger partial charge in [0, 0.05) is 12.6 Å². The number of nitrogens with zero attached hydrogens (tertiary/aromatic N) is 1. The molecule has 1 saturated heterocycles. The maximum atomic E-state index is 11.6. The summed E-state index contributed by atoms with van der Waals surface area (Å²) in [6, 6.07) is 0.719. The molecule has 1 saturated carbocycles. The summed E-state index contributed by atoms with van der Waals surface area (Å²) in [5, 5.41) is 12.8. The van der Waals surface area contributed by atoms with E-state index in [-0.39, 0.29) is 0 Å². The molecule has 21 heavy (non-hydrogen) atoms. The van der Waals surface area contributed by atoms with Gasteiger partial charge in [-0.25, -0.2) is 0 Å². The zero-order valence-corrected chi connectivity index (χ0v) is 13.7. The Morgan fingerprint density at radius 2 is 2.00 bits per heavy atom. The molecule has 2 aliphatic rings. The van der Waals surface area contributed by atoms with Crippen molar-refractivity contribution in [2.75, 3.05) is 19.6 Å². The van der Waals surface area contributed by atoms with Gasteiger partial charge in [0.05, 0.1) is 0 Å². The van der Waals surface area contributed by atoms with Gasteiger partial charge in [-0.1, -0.05) is 19.8 Å². The normalized spacial score (nSPS) is 27.0. The van der Waals surface area contributed by atoms with Crippen LogP contribution in [0.1, 0.15) is 65.2 Å². The molecule has 2 unspecified atom stereocenters. The fourth-order valence-corrected chi connectivity index (χ4v) is 4.04. The number of hydrogen-bond donors (Lipinski definition) is 2. The lowest BCUT2D eigenvalue weighted by Gasteiger charge is -2.33. The zero-order valence-electron chi connectivity index (χ0n) is 13.7. The molecule has 1 aliphatic carbocycles. The first-order valence-corrected chi connectivity index (χ1v) is 8.79. The van der Waals surface area contributed by atoms with Crippen molar-refractivity contribution < 1.29 is 9.90 Å². The second kappa shape index (κ2) is 7.59. The number of aliphatic carboxylic acids is 1. The standard InChI is InChI=1S/C17H32N2O2/c1-3-11-18-17(2,16(20)21)10-13-19-12-6-9-15(19)14-7-4-5-8-14/h14-15,18H,3-13H2,1-2H3,(H,20,21). The number of likely N-dealkylation sites (tertiary alicyclic amines) is 1. The molecule has 0 radical (unpaired) electrons. The van der Waals surface area contributed by atoms with Crippen LogP contribution >= 0.6 is 0 Å². The summed E-state index contributed by atoms with van der Waals surface area (Å²) in [7, 11) is 0. The van der Waals surface area contributed by atoms with E-state index in [0.717, 1.165) is 38.0 Å². The predicted octanol–water partition coefficient (Wildman–Crippen LogP) is 2.87. The smallest absolute Gasteiger partial charge is 0.323 e. The van der Waals surface area contributed by atoms with Crippen LogP contribution in [0.5, 0.6) is 0 Å². The van der Waals surface area contributed by atoms with Crippen LogP contribution in [0.15, 0.2) is 0 Å². The van der Waals surface area contributed by atoms with Crippen LogP contribution in [0.4, 0.5) is 0 Å². The Hall–Kier alpha value is -0.610. The minimum Gasteiger partial charge on any atom is -0.480 e. The van der Waals surface area contributed by atoms with Crippen LogP contribution in [0.2, 0.25) is 0 Å². The first-order chi connectivity index (χ1) is 10.1. The quantitative estimate of drug-likeness (QED) is 0.723. The summed E-state index contributed by atoms with van der Waals surface area (Å²) in [4.78, 5) is 14.2. The van der Waals surface area contributed by atoms with Crippen LogP contribution in [0, 0.1) is 5.92 Å². The van der Waals surface area contributed by atoms with E-state index in [1.54, 1.807) is 0 Å². The lowest BCUT2D eigenvalue weighted by Crippen LogP contribution is -2.52. The van der Waals surface area contributed by atoms with E-state index in [0.29, 0.717) is 6.42 Å². The van der Waals surface area contributed by atoms with Crippen LogP contribution in [0.3, 0.4) is 0 Å². The van der Waals surface area contributed by atoms with E-state index in [9.17, 15) is 9.90 Å². The number of hydrogen-bond acceptors (Lipinski definition) is 3. The molecule has 0 aromatic heterocycles. The SMILES string of the molecule is CCCNC(C)(CCN1CCCC1C1CCCC1)C(=O)O. The van der Waals surface area contributed by atoms with E-state index in [1.807, 2.05) is 6.92 Å². The van der Waals surface area contributed by atoms with Crippen molar-refractivity contribution in [1.29, 1.82) is 0 Å². The highest BCUT2D eigenvalue weighted by Gasteiger charge is 2.37. The van der Waals surface area contributed by atoms with Crippen LogP contribution in [-0.2, 0) is 4.79 Å². The molecular weight excluding hydrogens is 264 g/mol. The molecule has 2 fully saturated rings. The van der Waals surface area contributed by atoms with Gasteiger partial charge in [0.15, 0.2) is 0 Å². The Labute approximate surface area is 129 Å². The molecule has 2 N–H and O–H groups in total. The fraction of sp³-hybridized carbons (Fsp3) is 0.941. The van der Waals surface area contributed by atoms with E-state index in [4.69, 9.17) is 0 Å². The van der Waals surface area contributed by atoms with Crippen molar-refractivity contribution in [2.45, 2.75) is 76.8 Å². The highest BCUT2D eigenvalue weighted by atomic mass is 16.4. The maximum absolute atomic E-state index is 11.6. The molecule has 0 spiro atoms. The average Bonchev–Trinajstić information content (AvgIpc) is 3.12. The first kappa shape index (κ1) is 16.8. The van der Waals surface area contributed by atoms with Crippen LogP contribution in [-0.4, -0.2) is 47.2 Å². The van der Waals surface area contributed by atoms with E-state index in [2.05, 4.69) is 17.1 Å². The second-order valence-corrected chi connectivity index (χ2v) is 7.10. The monoisotopic (exact) mass is 296 g/mol. The van der Waals surface area contributed by atoms with Gasteiger partial charge < -0.3 is 15.3 Å². The summed E-state index contributed by atoms with van der Waals surface area (Å²) in [6.07, 6.45) is 9.81. The van der Waals surface area contributed by atoms with Gasteiger partial charge in [-0.15, -0.1) is 0 Å². The Morgan fingerprint density at radius 3 is 2.62 bits per heavy atom. The summed E-state index contributed by atoms with van der Waals surface area (Å²) >= 11 is 0. The summed E-state index contributed by atoms with van der Waals surface area (Å²) < 4.78 is 0. The average molecular weight is 296 g/mol. The molecule has 4 nitrogen and oxygen atoms in total. The minimum absolute atomic E-state index is 0.700. The number of carboxylic acids is 1. The first-order valence-electron chi connectivity index (χ1n) is 8.79. The topological polar surface area (TPSA) is 52.6 Å². The van der Waals surface area contributed by atoms with Gasteiger partial charge in [-0.2, -0.15) is 0 Å². The lowest BCUT2D eigenvalue weighted by atomic mass is 9.94. The molecule has 122 valence electrons. The molecule has 2 rings (SSSR count). The number of carboxylic acid groups (broad SMARTS) is 1. The summed E-state index contributed by atoms with van der Waals surface area (Å²) in [5.74, 6) is 0.153. The van der Waals surface area contributed by atoms with Gasteiger partial charge in [-0.05, 0) is 64.5 Å².